The Morgan fingerprint density at radius 1 is 1.30 bits per heavy atom. The van der Waals surface area contributed by atoms with E-state index in [1.54, 1.807) is 0 Å². The van der Waals surface area contributed by atoms with Crippen LogP contribution in [-0.4, -0.2) is 28.8 Å². The Balaban J connectivity index is 1.56. The van der Waals surface area contributed by atoms with Gasteiger partial charge in [0.1, 0.15) is 11.9 Å². The highest BCUT2D eigenvalue weighted by atomic mass is 35.5. The van der Waals surface area contributed by atoms with E-state index in [1.807, 2.05) is 24.3 Å². The van der Waals surface area contributed by atoms with E-state index in [1.165, 1.54) is 12.1 Å². The van der Waals surface area contributed by atoms with Crippen LogP contribution in [0.5, 0.6) is 5.75 Å². The van der Waals surface area contributed by atoms with Gasteiger partial charge in [-0.1, -0.05) is 29.8 Å². The average Bonchev–Trinajstić information content (AvgIpc) is 2.88. The molecule has 1 aliphatic heterocycles. The summed E-state index contributed by atoms with van der Waals surface area (Å²) in [5.74, 6) is 0.603. The fraction of sp³-hybridized carbons (Fsp3) is 0.214. The standard InChI is InChI=1S/C14H12ClN3O2/c15-13-6-5-11(17-18-13)14(19)16-8-10-7-9-3-1-2-4-12(9)20-10/h1-6,10H,7-8H2,(H,16,19). The summed E-state index contributed by atoms with van der Waals surface area (Å²) < 4.78 is 5.74. The molecule has 5 nitrogen and oxygen atoms in total. The molecule has 1 amide bonds. The topological polar surface area (TPSA) is 64.1 Å². The molecule has 0 bridgehead atoms. The SMILES string of the molecule is O=C(NCC1Cc2ccccc2O1)c1ccc(Cl)nn1. The highest BCUT2D eigenvalue weighted by Gasteiger charge is 2.22. The van der Waals surface area contributed by atoms with E-state index in [0.717, 1.165) is 17.7 Å². The lowest BCUT2D eigenvalue weighted by molar-refractivity contribution is 0.0927. The van der Waals surface area contributed by atoms with Crippen LogP contribution in [0.15, 0.2) is 36.4 Å². The first-order valence-corrected chi connectivity index (χ1v) is 6.62. The van der Waals surface area contributed by atoms with Crippen molar-refractivity contribution in [3.05, 3.63) is 52.8 Å². The van der Waals surface area contributed by atoms with E-state index in [0.29, 0.717) is 6.54 Å². The molecule has 0 saturated heterocycles. The number of ether oxygens (including phenoxy) is 1. The van der Waals surface area contributed by atoms with Gasteiger partial charge < -0.3 is 10.1 Å². The zero-order chi connectivity index (χ0) is 13.9. The number of carbonyl (C=O) groups excluding carboxylic acids is 1. The van der Waals surface area contributed by atoms with E-state index in [-0.39, 0.29) is 22.9 Å². The summed E-state index contributed by atoms with van der Waals surface area (Å²) in [6.07, 6.45) is 0.750. The number of fused-ring (bicyclic) bond motifs is 1. The van der Waals surface area contributed by atoms with Crippen molar-refractivity contribution in [2.75, 3.05) is 6.54 Å². The highest BCUT2D eigenvalue weighted by molar-refractivity contribution is 6.29. The molecular formula is C14H12ClN3O2. The van der Waals surface area contributed by atoms with Crippen LogP contribution in [0.25, 0.3) is 0 Å². The fourth-order valence-electron chi connectivity index (χ4n) is 2.10. The molecule has 0 aliphatic carbocycles. The van der Waals surface area contributed by atoms with Gasteiger partial charge in [-0.05, 0) is 23.8 Å². The van der Waals surface area contributed by atoms with E-state index in [2.05, 4.69) is 15.5 Å². The first-order valence-electron chi connectivity index (χ1n) is 6.24. The van der Waals surface area contributed by atoms with Crippen LogP contribution in [0.3, 0.4) is 0 Å². The Labute approximate surface area is 120 Å². The molecule has 0 fully saturated rings. The van der Waals surface area contributed by atoms with Crippen molar-refractivity contribution in [2.24, 2.45) is 0 Å². The minimum absolute atomic E-state index is 0.0448. The predicted octanol–water partition coefficient (Wildman–Crippen LogP) is 1.86. The smallest absolute Gasteiger partial charge is 0.271 e. The van der Waals surface area contributed by atoms with Crippen molar-refractivity contribution >= 4 is 17.5 Å². The Kier molecular flexibility index (Phi) is 3.52. The maximum Gasteiger partial charge on any atom is 0.271 e. The lowest BCUT2D eigenvalue weighted by Crippen LogP contribution is -2.34. The van der Waals surface area contributed by atoms with Crippen molar-refractivity contribution < 1.29 is 9.53 Å². The zero-order valence-electron chi connectivity index (χ0n) is 10.5. The monoisotopic (exact) mass is 289 g/mol. The number of halogens is 1. The van der Waals surface area contributed by atoms with Crippen molar-refractivity contribution in [3.63, 3.8) is 0 Å². The van der Waals surface area contributed by atoms with Crippen LogP contribution < -0.4 is 10.1 Å². The van der Waals surface area contributed by atoms with Gasteiger partial charge in [0.05, 0.1) is 6.54 Å². The summed E-state index contributed by atoms with van der Waals surface area (Å²) in [6, 6.07) is 10.9. The third kappa shape index (κ3) is 2.72. The maximum atomic E-state index is 11.9. The highest BCUT2D eigenvalue weighted by Crippen LogP contribution is 2.27. The van der Waals surface area contributed by atoms with Gasteiger partial charge in [0.2, 0.25) is 0 Å². The number of amides is 1. The average molecular weight is 290 g/mol. The first-order chi connectivity index (χ1) is 9.72. The second kappa shape index (κ2) is 5.46. The molecule has 102 valence electrons. The second-order valence-electron chi connectivity index (χ2n) is 4.50. The maximum absolute atomic E-state index is 11.9. The Hall–Kier alpha value is -2.14. The molecule has 1 aromatic heterocycles. The Morgan fingerprint density at radius 3 is 2.90 bits per heavy atom. The zero-order valence-corrected chi connectivity index (χ0v) is 11.3. The first kappa shape index (κ1) is 12.9. The molecule has 0 saturated carbocycles. The summed E-state index contributed by atoms with van der Waals surface area (Å²) in [5, 5.41) is 10.4. The van der Waals surface area contributed by atoms with Gasteiger partial charge in [-0.2, -0.15) is 0 Å². The van der Waals surface area contributed by atoms with Gasteiger partial charge in [0, 0.05) is 6.42 Å². The van der Waals surface area contributed by atoms with Crippen LogP contribution in [0.1, 0.15) is 16.1 Å². The quantitative estimate of drug-likeness (QED) is 0.937. The third-order valence-electron chi connectivity index (χ3n) is 3.07. The van der Waals surface area contributed by atoms with Crippen LogP contribution in [-0.2, 0) is 6.42 Å². The van der Waals surface area contributed by atoms with Crippen LogP contribution >= 0.6 is 11.6 Å². The minimum Gasteiger partial charge on any atom is -0.488 e. The molecule has 2 aromatic rings. The van der Waals surface area contributed by atoms with Gasteiger partial charge >= 0.3 is 0 Å². The molecule has 1 aromatic carbocycles. The molecule has 3 rings (SSSR count). The van der Waals surface area contributed by atoms with Crippen molar-refractivity contribution in [2.45, 2.75) is 12.5 Å². The number of aromatic nitrogens is 2. The molecule has 1 atom stereocenters. The summed E-state index contributed by atoms with van der Waals surface area (Å²) in [7, 11) is 0. The number of rotatable bonds is 3. The van der Waals surface area contributed by atoms with E-state index in [4.69, 9.17) is 16.3 Å². The molecule has 1 N–H and O–H groups in total. The van der Waals surface area contributed by atoms with E-state index in [9.17, 15) is 4.79 Å². The van der Waals surface area contributed by atoms with Crippen LogP contribution in [0, 0.1) is 0 Å². The summed E-state index contributed by atoms with van der Waals surface area (Å²) in [5.41, 5.74) is 1.41. The van der Waals surface area contributed by atoms with E-state index >= 15 is 0 Å². The molecular weight excluding hydrogens is 278 g/mol. The molecule has 1 aliphatic rings. The number of nitrogens with one attached hydrogen (secondary N) is 1. The lowest BCUT2D eigenvalue weighted by Gasteiger charge is -2.11. The Morgan fingerprint density at radius 2 is 2.15 bits per heavy atom. The van der Waals surface area contributed by atoms with Crippen molar-refractivity contribution in [1.29, 1.82) is 0 Å². The van der Waals surface area contributed by atoms with Gasteiger partial charge in [-0.25, -0.2) is 0 Å². The van der Waals surface area contributed by atoms with Gasteiger partial charge in [0.25, 0.3) is 5.91 Å². The summed E-state index contributed by atoms with van der Waals surface area (Å²) in [6.45, 7) is 0.428. The lowest BCUT2D eigenvalue weighted by atomic mass is 10.1. The summed E-state index contributed by atoms with van der Waals surface area (Å²) in [4.78, 5) is 11.9. The number of hydrogen-bond acceptors (Lipinski definition) is 4. The van der Waals surface area contributed by atoms with Gasteiger partial charge in [-0.15, -0.1) is 10.2 Å². The molecule has 1 unspecified atom stereocenters. The van der Waals surface area contributed by atoms with Gasteiger partial charge in [-0.3, -0.25) is 4.79 Å². The normalized spacial score (nSPS) is 16.4. The number of carbonyl (C=O) groups is 1. The summed E-state index contributed by atoms with van der Waals surface area (Å²) >= 11 is 5.62. The fourth-order valence-corrected chi connectivity index (χ4v) is 2.20. The number of hydrogen-bond donors (Lipinski definition) is 1. The molecule has 20 heavy (non-hydrogen) atoms. The second-order valence-corrected chi connectivity index (χ2v) is 4.89. The largest absolute Gasteiger partial charge is 0.488 e. The predicted molar refractivity (Wildman–Crippen MR) is 73.9 cm³/mol. The van der Waals surface area contributed by atoms with Crippen LogP contribution in [0.4, 0.5) is 0 Å². The molecule has 0 spiro atoms. The molecule has 2 heterocycles. The number of para-hydroxylation sites is 1. The van der Waals surface area contributed by atoms with E-state index < -0.39 is 0 Å². The molecule has 0 radical (unpaired) electrons. The minimum atomic E-state index is -0.284. The van der Waals surface area contributed by atoms with Crippen molar-refractivity contribution in [1.82, 2.24) is 15.5 Å². The Bertz CT molecular complexity index is 606. The third-order valence-corrected chi connectivity index (χ3v) is 3.27. The van der Waals surface area contributed by atoms with Crippen LogP contribution in [0.2, 0.25) is 5.15 Å². The number of nitrogens with zero attached hydrogens (tertiary/aromatic N) is 2. The molecule has 6 heteroatoms. The number of benzene rings is 1. The van der Waals surface area contributed by atoms with Gasteiger partial charge in [0.15, 0.2) is 10.8 Å². The van der Waals surface area contributed by atoms with Crippen molar-refractivity contribution in [3.8, 4) is 5.75 Å².